The number of aromatic carboxylic acids is 1. The van der Waals surface area contributed by atoms with Crippen LogP contribution in [0.2, 0.25) is 0 Å². The normalized spacial score (nSPS) is 12.4. The summed E-state index contributed by atoms with van der Waals surface area (Å²) in [5.41, 5.74) is -0.594. The van der Waals surface area contributed by atoms with Gasteiger partial charge in [0.15, 0.2) is 5.82 Å². The van der Waals surface area contributed by atoms with Crippen LogP contribution in [0.4, 0.5) is 5.82 Å². The van der Waals surface area contributed by atoms with Gasteiger partial charge in [-0.15, -0.1) is 0 Å². The molecule has 1 aromatic heterocycles. The number of carboxylic acid groups (broad SMARTS) is 1. The van der Waals surface area contributed by atoms with E-state index in [4.69, 9.17) is 5.11 Å². The van der Waals surface area contributed by atoms with Crippen LogP contribution in [0.15, 0.2) is 6.20 Å². The smallest absolute Gasteiger partial charge is 0.341 e. The summed E-state index contributed by atoms with van der Waals surface area (Å²) in [6.07, 6.45) is 1.11. The molecule has 0 spiro atoms. The van der Waals surface area contributed by atoms with E-state index in [2.05, 4.69) is 9.82 Å². The molecule has 0 aliphatic carbocycles. The van der Waals surface area contributed by atoms with Gasteiger partial charge in [-0.2, -0.15) is 5.10 Å². The number of hydrogen-bond acceptors (Lipinski definition) is 4. The minimum Gasteiger partial charge on any atom is -0.477 e. The Bertz CT molecular complexity index is 554. The Balaban J connectivity index is 3.05. The molecule has 0 unspecified atom stereocenters. The lowest BCUT2D eigenvalue weighted by molar-refractivity contribution is 0.0698. The Morgan fingerprint density at radius 2 is 2.06 bits per heavy atom. The first kappa shape index (κ1) is 14.5. The summed E-state index contributed by atoms with van der Waals surface area (Å²) in [6, 6.07) is 0. The molecule has 0 saturated heterocycles. The van der Waals surface area contributed by atoms with Crippen LogP contribution in [-0.4, -0.2) is 35.0 Å². The quantitative estimate of drug-likeness (QED) is 0.850. The molecule has 7 nitrogen and oxygen atoms in total. The summed E-state index contributed by atoms with van der Waals surface area (Å²) >= 11 is 0. The number of nitrogens with zero attached hydrogens (tertiary/aromatic N) is 2. The second kappa shape index (κ2) is 4.60. The van der Waals surface area contributed by atoms with Gasteiger partial charge in [-0.3, -0.25) is 9.40 Å². The molecule has 0 atom stereocenters. The van der Waals surface area contributed by atoms with Gasteiger partial charge in [0.05, 0.1) is 11.9 Å². The zero-order chi connectivity index (χ0) is 14.1. The number of aryl methyl sites for hydroxylation is 1. The number of carboxylic acids is 1. The van der Waals surface area contributed by atoms with Crippen molar-refractivity contribution >= 4 is 21.8 Å². The first-order valence-corrected chi connectivity index (χ1v) is 6.93. The summed E-state index contributed by atoms with van der Waals surface area (Å²) in [5.74, 6) is -1.37. The molecule has 0 aliphatic heterocycles. The van der Waals surface area contributed by atoms with Crippen molar-refractivity contribution in [2.45, 2.75) is 20.8 Å². The average molecular weight is 275 g/mol. The number of anilines is 1. The van der Waals surface area contributed by atoms with Crippen LogP contribution in [0.1, 0.15) is 31.1 Å². The average Bonchev–Trinajstić information content (AvgIpc) is 2.42. The Labute approximate surface area is 106 Å². The molecule has 1 rings (SSSR count). The highest BCUT2D eigenvalue weighted by Crippen LogP contribution is 2.20. The highest BCUT2D eigenvalue weighted by molar-refractivity contribution is 7.92. The van der Waals surface area contributed by atoms with Crippen LogP contribution in [-0.2, 0) is 17.1 Å². The molecule has 0 fully saturated rings. The van der Waals surface area contributed by atoms with Gasteiger partial charge in [0.2, 0.25) is 10.0 Å². The number of carbonyl (C=O) groups is 1. The first-order valence-electron chi connectivity index (χ1n) is 5.28. The zero-order valence-corrected chi connectivity index (χ0v) is 11.6. The third kappa shape index (κ3) is 3.73. The molecular formula is C10H17N3O4S. The van der Waals surface area contributed by atoms with Crippen molar-refractivity contribution in [3.63, 3.8) is 0 Å². The van der Waals surface area contributed by atoms with E-state index in [1.165, 1.54) is 11.7 Å². The standard InChI is InChI=1S/C10H17N3O4S/c1-10(2,3)6-18(16,17)12-8-7(9(14)15)5-11-13(8)4/h5,12H,6H2,1-4H3,(H,14,15). The van der Waals surface area contributed by atoms with Gasteiger partial charge in [0, 0.05) is 7.05 Å². The molecule has 1 aromatic rings. The van der Waals surface area contributed by atoms with Crippen LogP contribution < -0.4 is 4.72 Å². The Morgan fingerprint density at radius 1 is 1.50 bits per heavy atom. The van der Waals surface area contributed by atoms with Gasteiger partial charge >= 0.3 is 5.97 Å². The predicted octanol–water partition coefficient (Wildman–Crippen LogP) is 0.906. The topological polar surface area (TPSA) is 101 Å². The van der Waals surface area contributed by atoms with Gasteiger partial charge in [-0.05, 0) is 5.41 Å². The molecule has 8 heteroatoms. The fourth-order valence-corrected chi connectivity index (χ4v) is 3.22. The number of rotatable bonds is 4. The number of hydrogen-bond donors (Lipinski definition) is 2. The van der Waals surface area contributed by atoms with Crippen LogP contribution in [0, 0.1) is 5.41 Å². The van der Waals surface area contributed by atoms with Crippen molar-refractivity contribution in [3.05, 3.63) is 11.8 Å². The lowest BCUT2D eigenvalue weighted by Gasteiger charge is -2.18. The van der Waals surface area contributed by atoms with E-state index in [-0.39, 0.29) is 17.1 Å². The first-order chi connectivity index (χ1) is 8.02. The van der Waals surface area contributed by atoms with E-state index < -0.39 is 21.4 Å². The lowest BCUT2D eigenvalue weighted by atomic mass is 10.0. The largest absolute Gasteiger partial charge is 0.477 e. The van der Waals surface area contributed by atoms with E-state index in [1.807, 2.05) is 0 Å². The maximum atomic E-state index is 11.9. The second-order valence-corrected chi connectivity index (χ2v) is 6.98. The van der Waals surface area contributed by atoms with Gasteiger partial charge < -0.3 is 5.11 Å². The SMILES string of the molecule is Cn1ncc(C(=O)O)c1NS(=O)(=O)CC(C)(C)C. The van der Waals surface area contributed by atoms with Crippen molar-refractivity contribution in [3.8, 4) is 0 Å². The summed E-state index contributed by atoms with van der Waals surface area (Å²) in [5, 5.41) is 12.6. The van der Waals surface area contributed by atoms with E-state index >= 15 is 0 Å². The number of nitrogens with one attached hydrogen (secondary N) is 1. The summed E-state index contributed by atoms with van der Waals surface area (Å²) < 4.78 is 27.2. The Kier molecular flexibility index (Phi) is 3.70. The van der Waals surface area contributed by atoms with E-state index in [1.54, 1.807) is 20.8 Å². The predicted molar refractivity (Wildman–Crippen MR) is 67.0 cm³/mol. The molecule has 0 aromatic carbocycles. The molecule has 0 aliphatic rings. The Hall–Kier alpha value is -1.57. The fraction of sp³-hybridized carbons (Fsp3) is 0.600. The van der Waals surface area contributed by atoms with Gasteiger partial charge in [-0.25, -0.2) is 13.2 Å². The third-order valence-corrected chi connectivity index (χ3v) is 3.79. The molecule has 0 amide bonds. The highest BCUT2D eigenvalue weighted by Gasteiger charge is 2.25. The molecular weight excluding hydrogens is 258 g/mol. The van der Waals surface area contributed by atoms with Gasteiger partial charge in [0.1, 0.15) is 5.56 Å². The second-order valence-electron chi connectivity index (χ2n) is 5.26. The molecule has 18 heavy (non-hydrogen) atoms. The molecule has 102 valence electrons. The van der Waals surface area contributed by atoms with E-state index in [9.17, 15) is 13.2 Å². The van der Waals surface area contributed by atoms with E-state index in [0.717, 1.165) is 6.20 Å². The lowest BCUT2D eigenvalue weighted by Crippen LogP contribution is -2.27. The van der Waals surface area contributed by atoms with Crippen LogP contribution in [0.3, 0.4) is 0 Å². The van der Waals surface area contributed by atoms with Crippen molar-refractivity contribution in [2.24, 2.45) is 12.5 Å². The molecule has 0 radical (unpaired) electrons. The zero-order valence-electron chi connectivity index (χ0n) is 10.8. The monoisotopic (exact) mass is 275 g/mol. The Morgan fingerprint density at radius 3 is 2.50 bits per heavy atom. The van der Waals surface area contributed by atoms with Crippen molar-refractivity contribution < 1.29 is 18.3 Å². The maximum Gasteiger partial charge on any atom is 0.341 e. The highest BCUT2D eigenvalue weighted by atomic mass is 32.2. The maximum absolute atomic E-state index is 11.9. The summed E-state index contributed by atoms with van der Waals surface area (Å²) in [4.78, 5) is 10.9. The molecule has 1 heterocycles. The van der Waals surface area contributed by atoms with Crippen LogP contribution >= 0.6 is 0 Å². The molecule has 0 saturated carbocycles. The number of aromatic nitrogens is 2. The summed E-state index contributed by atoms with van der Waals surface area (Å²) in [6.45, 7) is 5.36. The van der Waals surface area contributed by atoms with Gasteiger partial charge in [-0.1, -0.05) is 20.8 Å². The van der Waals surface area contributed by atoms with Crippen molar-refractivity contribution in [1.82, 2.24) is 9.78 Å². The van der Waals surface area contributed by atoms with Crippen molar-refractivity contribution in [2.75, 3.05) is 10.5 Å². The molecule has 2 N–H and O–H groups in total. The minimum absolute atomic E-state index is 0.0354. The van der Waals surface area contributed by atoms with Crippen LogP contribution in [0.25, 0.3) is 0 Å². The minimum atomic E-state index is -3.61. The summed E-state index contributed by atoms with van der Waals surface area (Å²) in [7, 11) is -2.14. The van der Waals surface area contributed by atoms with Crippen LogP contribution in [0.5, 0.6) is 0 Å². The number of sulfonamides is 1. The van der Waals surface area contributed by atoms with Gasteiger partial charge in [0.25, 0.3) is 0 Å². The fourth-order valence-electron chi connectivity index (χ4n) is 1.47. The van der Waals surface area contributed by atoms with E-state index in [0.29, 0.717) is 0 Å². The van der Waals surface area contributed by atoms with Crippen molar-refractivity contribution in [1.29, 1.82) is 0 Å². The third-order valence-electron chi connectivity index (χ3n) is 2.04. The molecule has 0 bridgehead atoms.